The molecule has 1 aliphatic carbocycles. The molecule has 0 spiro atoms. The van der Waals surface area contributed by atoms with E-state index >= 15 is 0 Å². The summed E-state index contributed by atoms with van der Waals surface area (Å²) in [5, 5.41) is 0. The van der Waals surface area contributed by atoms with Gasteiger partial charge in [0.05, 0.1) is 0 Å². The first-order valence-electron chi connectivity index (χ1n) is 13.9. The molecule has 196 valence electrons. The normalized spacial score (nSPS) is 14.8. The van der Waals surface area contributed by atoms with Gasteiger partial charge in [0.2, 0.25) is 0 Å². The van der Waals surface area contributed by atoms with Gasteiger partial charge in [-0.25, -0.2) is 0 Å². The summed E-state index contributed by atoms with van der Waals surface area (Å²) in [7, 11) is 0. The summed E-state index contributed by atoms with van der Waals surface area (Å²) in [6.45, 7) is 22.8. The van der Waals surface area contributed by atoms with E-state index in [2.05, 4.69) is 140 Å². The Bertz CT molecular complexity index is 1130. The van der Waals surface area contributed by atoms with Crippen molar-refractivity contribution in [3.8, 4) is 0 Å². The fourth-order valence-corrected chi connectivity index (χ4v) is 7.82. The van der Waals surface area contributed by atoms with Crippen LogP contribution in [0.5, 0.6) is 0 Å². The first-order chi connectivity index (χ1) is 17.5. The van der Waals surface area contributed by atoms with Crippen molar-refractivity contribution in [2.24, 2.45) is 4.99 Å². The third-order valence-electron chi connectivity index (χ3n) is 6.99. The molecular weight excluding hydrogens is 509 g/mol. The number of rotatable bonds is 10. The van der Waals surface area contributed by atoms with Crippen LogP contribution in [-0.4, -0.2) is 21.4 Å². The van der Waals surface area contributed by atoms with Crippen LogP contribution in [0.2, 0.25) is 4.75 Å². The number of allylic oxidation sites excluding steroid dienone is 6. The van der Waals surface area contributed by atoms with Gasteiger partial charge >= 0.3 is 234 Å². The molecule has 0 fully saturated rings. The van der Waals surface area contributed by atoms with Crippen LogP contribution in [0.1, 0.15) is 115 Å². The van der Waals surface area contributed by atoms with E-state index in [1.807, 2.05) is 0 Å². The van der Waals surface area contributed by atoms with Crippen LogP contribution in [0.4, 0.5) is 11.4 Å². The van der Waals surface area contributed by atoms with E-state index in [0.29, 0.717) is 28.4 Å². The maximum absolute atomic E-state index is 5.26. The van der Waals surface area contributed by atoms with Gasteiger partial charge < -0.3 is 0 Å². The Hall–Kier alpha value is -2.33. The maximum atomic E-state index is 5.26. The molecule has 2 nitrogen and oxygen atoms in total. The number of nitrogens with zero attached hydrogens (tertiary/aromatic N) is 2. The summed E-state index contributed by atoms with van der Waals surface area (Å²) in [5.41, 5.74) is 10.5. The van der Waals surface area contributed by atoms with Crippen molar-refractivity contribution in [2.45, 2.75) is 97.7 Å². The van der Waals surface area contributed by atoms with Crippen LogP contribution in [0.15, 0.2) is 77.5 Å². The molecule has 0 aromatic heterocycles. The van der Waals surface area contributed by atoms with Crippen molar-refractivity contribution in [1.29, 1.82) is 0 Å². The van der Waals surface area contributed by atoms with E-state index < -0.39 is 15.7 Å². The second kappa shape index (κ2) is 13.0. The molecule has 2 radical (unpaired) electrons. The Balaban J connectivity index is 2.15. The molecule has 0 heterocycles. The molecule has 0 saturated carbocycles. The van der Waals surface area contributed by atoms with Crippen LogP contribution in [0, 0.1) is 0 Å². The molecule has 3 heteroatoms. The monoisotopic (exact) mass is 556 g/mol. The van der Waals surface area contributed by atoms with E-state index in [1.54, 1.807) is 0 Å². The van der Waals surface area contributed by atoms with Crippen molar-refractivity contribution in [3.05, 3.63) is 94.7 Å². The fraction of sp³-hybridized carbons (Fsp3) is 0.441. The van der Waals surface area contributed by atoms with Crippen LogP contribution in [0.25, 0.3) is 0 Å². The molecule has 2 aromatic carbocycles. The molecule has 37 heavy (non-hydrogen) atoms. The van der Waals surface area contributed by atoms with Crippen molar-refractivity contribution in [1.82, 2.24) is 0 Å². The van der Waals surface area contributed by atoms with E-state index in [0.717, 1.165) is 11.4 Å². The summed E-state index contributed by atoms with van der Waals surface area (Å²) in [6, 6.07) is 13.6. The van der Waals surface area contributed by atoms with Gasteiger partial charge in [-0.2, -0.15) is 0 Å². The zero-order valence-corrected chi connectivity index (χ0v) is 26.7. The average Bonchev–Trinajstić information content (AvgIpc) is 3.35. The first kappa shape index (κ1) is 29.2. The van der Waals surface area contributed by atoms with Crippen molar-refractivity contribution >= 4 is 32.7 Å². The van der Waals surface area contributed by atoms with Crippen LogP contribution in [-0.2, 0) is 0 Å². The molecule has 0 atom stereocenters. The van der Waals surface area contributed by atoms with Gasteiger partial charge in [-0.15, -0.1) is 0 Å². The summed E-state index contributed by atoms with van der Waals surface area (Å²) in [4.78, 5) is 5.26. The van der Waals surface area contributed by atoms with Gasteiger partial charge in [0.25, 0.3) is 0 Å². The number of benzene rings is 2. The molecule has 2 aromatic rings. The Kier molecular flexibility index (Phi) is 10.2. The molecule has 0 unspecified atom stereocenters. The average molecular weight is 555 g/mol. The zero-order chi connectivity index (χ0) is 27.3. The van der Waals surface area contributed by atoms with Crippen LogP contribution < -0.4 is 3.86 Å². The van der Waals surface area contributed by atoms with Gasteiger partial charge in [0.1, 0.15) is 0 Å². The van der Waals surface area contributed by atoms with E-state index in [1.165, 1.54) is 33.6 Å². The molecular formula is C34H46GeN2. The molecule has 0 N–H and O–H groups in total. The van der Waals surface area contributed by atoms with Gasteiger partial charge in [-0.05, 0) is 0 Å². The molecule has 3 rings (SSSR count). The standard InChI is InChI=1S/C34H46GeN2/c1-22(2)29-17-13-18-30(23(3)4)33(29)36-26(9)21-27(10)37(35-28-15-11-12-16-28)34-31(24(5)6)19-14-20-32(34)25(7)8/h11-25,28H,1-10H3/b27-21-,36-26?. The Labute approximate surface area is 233 Å². The number of aliphatic imine (C=N–C) groups is 1. The van der Waals surface area contributed by atoms with Gasteiger partial charge in [0, 0.05) is 0 Å². The molecule has 0 aliphatic heterocycles. The quantitative estimate of drug-likeness (QED) is 0.210. The molecule has 0 amide bonds. The minimum absolute atomic E-state index is 0.436. The predicted molar refractivity (Wildman–Crippen MR) is 166 cm³/mol. The zero-order valence-electron chi connectivity index (χ0n) is 24.6. The summed E-state index contributed by atoms with van der Waals surface area (Å²) in [6.07, 6.45) is 11.4. The Morgan fingerprint density at radius 2 is 1.16 bits per heavy atom. The number of para-hydroxylation sites is 2. The van der Waals surface area contributed by atoms with Gasteiger partial charge in [-0.1, -0.05) is 0 Å². The SMILES string of the molecule is CC(/C=C(/C)[N]([Ge][CH]1C=CC=C1)c1c(C(C)C)cccc1C(C)C)=Nc1c(C(C)C)cccc1C(C)C. The first-order valence-corrected chi connectivity index (χ1v) is 16.1. The Morgan fingerprint density at radius 1 is 0.730 bits per heavy atom. The summed E-state index contributed by atoms with van der Waals surface area (Å²) < 4.78 is 3.20. The second-order valence-electron chi connectivity index (χ2n) is 11.5. The molecule has 0 saturated heterocycles. The van der Waals surface area contributed by atoms with Crippen molar-refractivity contribution in [2.75, 3.05) is 3.86 Å². The summed E-state index contributed by atoms with van der Waals surface area (Å²) >= 11 is -0.510. The third kappa shape index (κ3) is 7.16. The van der Waals surface area contributed by atoms with E-state index in [4.69, 9.17) is 4.99 Å². The topological polar surface area (TPSA) is 15.6 Å². The Morgan fingerprint density at radius 3 is 1.59 bits per heavy atom. The van der Waals surface area contributed by atoms with Crippen molar-refractivity contribution in [3.63, 3.8) is 0 Å². The van der Waals surface area contributed by atoms with Gasteiger partial charge in [0.15, 0.2) is 0 Å². The van der Waals surface area contributed by atoms with E-state index in [-0.39, 0.29) is 0 Å². The number of hydrogen-bond acceptors (Lipinski definition) is 2. The minimum atomic E-state index is -0.510. The van der Waals surface area contributed by atoms with E-state index in [9.17, 15) is 0 Å². The number of hydrogen-bond donors (Lipinski definition) is 0. The van der Waals surface area contributed by atoms with Gasteiger partial charge in [-0.3, -0.25) is 0 Å². The fourth-order valence-electron chi connectivity index (χ4n) is 5.00. The summed E-state index contributed by atoms with van der Waals surface area (Å²) in [5.74, 6) is 1.80. The second-order valence-corrected chi connectivity index (χ2v) is 14.4. The number of anilines is 1. The molecule has 1 aliphatic rings. The van der Waals surface area contributed by atoms with Crippen molar-refractivity contribution < 1.29 is 0 Å². The third-order valence-corrected chi connectivity index (χ3v) is 10.2. The molecule has 0 bridgehead atoms. The van der Waals surface area contributed by atoms with Crippen LogP contribution in [0.3, 0.4) is 0 Å². The predicted octanol–water partition coefficient (Wildman–Crippen LogP) is 10.2. The van der Waals surface area contributed by atoms with Crippen LogP contribution >= 0.6 is 0 Å².